The van der Waals surface area contributed by atoms with Crippen molar-refractivity contribution in [3.63, 3.8) is 0 Å². The van der Waals surface area contributed by atoms with Crippen LogP contribution in [0.5, 0.6) is 0 Å². The van der Waals surface area contributed by atoms with Crippen LogP contribution in [0.4, 0.5) is 0 Å². The number of benzene rings is 1. The molecule has 0 aromatic heterocycles. The second-order valence-corrected chi connectivity index (χ2v) is 6.15. The Morgan fingerprint density at radius 3 is 2.33 bits per heavy atom. The van der Waals surface area contributed by atoms with Crippen molar-refractivity contribution in [1.82, 2.24) is 16.1 Å². The molecule has 1 aromatic carbocycles. The summed E-state index contributed by atoms with van der Waals surface area (Å²) in [4.78, 5) is 24.3. The van der Waals surface area contributed by atoms with Crippen LogP contribution in [0.25, 0.3) is 0 Å². The third kappa shape index (κ3) is 6.74. The Morgan fingerprint density at radius 2 is 1.81 bits per heavy atom. The second-order valence-electron chi connectivity index (χ2n) is 6.15. The normalized spacial score (nSPS) is 12.5. The van der Waals surface area contributed by atoms with Crippen LogP contribution in [-0.4, -0.2) is 58.6 Å². The molecule has 0 fully saturated rings. The van der Waals surface area contributed by atoms with E-state index in [0.29, 0.717) is 11.1 Å². The minimum Gasteiger partial charge on any atom is -0.393 e. The van der Waals surface area contributed by atoms with Crippen molar-refractivity contribution in [2.45, 2.75) is 31.5 Å². The minimum atomic E-state index is -1.13. The van der Waals surface area contributed by atoms with E-state index in [2.05, 4.69) is 34.3 Å². The van der Waals surface area contributed by atoms with Crippen molar-refractivity contribution < 1.29 is 25.0 Å². The van der Waals surface area contributed by atoms with E-state index >= 15 is 0 Å². The zero-order valence-electron chi connectivity index (χ0n) is 15.3. The SMILES string of the molecule is CNC(C)(C)[C@H](NC(=O)c1ccc(C#CC#CC(O)CO)cc1)C(=O)NO. The van der Waals surface area contributed by atoms with Crippen molar-refractivity contribution >= 4 is 11.8 Å². The van der Waals surface area contributed by atoms with Gasteiger partial charge in [-0.1, -0.05) is 11.8 Å². The Morgan fingerprint density at radius 1 is 1.19 bits per heavy atom. The molecule has 0 aliphatic carbocycles. The third-order valence-corrected chi connectivity index (χ3v) is 3.84. The summed E-state index contributed by atoms with van der Waals surface area (Å²) in [5.41, 5.74) is 1.66. The lowest BCUT2D eigenvalue weighted by molar-refractivity contribution is -0.132. The van der Waals surface area contributed by atoms with E-state index in [4.69, 9.17) is 15.4 Å². The zero-order chi connectivity index (χ0) is 20.4. The first-order chi connectivity index (χ1) is 12.7. The molecule has 1 unspecified atom stereocenters. The average molecular weight is 373 g/mol. The predicted molar refractivity (Wildman–Crippen MR) is 98.5 cm³/mol. The second kappa shape index (κ2) is 10.3. The lowest BCUT2D eigenvalue weighted by Gasteiger charge is -2.32. The Labute approximate surface area is 157 Å². The molecule has 0 bridgehead atoms. The van der Waals surface area contributed by atoms with Gasteiger partial charge in [-0.3, -0.25) is 14.8 Å². The molecule has 6 N–H and O–H groups in total. The van der Waals surface area contributed by atoms with Gasteiger partial charge in [-0.15, -0.1) is 0 Å². The van der Waals surface area contributed by atoms with Crippen LogP contribution in [-0.2, 0) is 4.79 Å². The molecular weight excluding hydrogens is 350 g/mol. The number of aliphatic hydroxyl groups is 2. The summed E-state index contributed by atoms with van der Waals surface area (Å²) in [7, 11) is 1.64. The number of carbonyl (C=O) groups is 2. The van der Waals surface area contributed by atoms with Gasteiger partial charge in [0.2, 0.25) is 0 Å². The molecule has 1 rings (SSSR count). The number of carbonyl (C=O) groups excluding carboxylic acids is 2. The van der Waals surface area contributed by atoms with Crippen LogP contribution in [0.1, 0.15) is 29.8 Å². The van der Waals surface area contributed by atoms with E-state index < -0.39 is 36.1 Å². The van der Waals surface area contributed by atoms with Gasteiger partial charge in [0, 0.05) is 16.7 Å². The summed E-state index contributed by atoms with van der Waals surface area (Å²) in [6, 6.07) is 5.28. The van der Waals surface area contributed by atoms with Gasteiger partial charge in [0.15, 0.2) is 0 Å². The third-order valence-electron chi connectivity index (χ3n) is 3.84. The molecule has 0 radical (unpaired) electrons. The van der Waals surface area contributed by atoms with Crippen LogP contribution >= 0.6 is 0 Å². The monoisotopic (exact) mass is 373 g/mol. The van der Waals surface area contributed by atoms with Gasteiger partial charge < -0.3 is 20.8 Å². The fraction of sp³-hybridized carbons (Fsp3) is 0.368. The molecule has 8 heteroatoms. The van der Waals surface area contributed by atoms with E-state index in [-0.39, 0.29) is 0 Å². The minimum absolute atomic E-state index is 0.310. The van der Waals surface area contributed by atoms with Crippen molar-refractivity contribution in [3.05, 3.63) is 35.4 Å². The average Bonchev–Trinajstić information content (AvgIpc) is 2.68. The van der Waals surface area contributed by atoms with Crippen molar-refractivity contribution in [2.75, 3.05) is 13.7 Å². The van der Waals surface area contributed by atoms with Crippen LogP contribution in [0.15, 0.2) is 24.3 Å². The predicted octanol–water partition coefficient (Wildman–Crippen LogP) is -1.00. The summed E-state index contributed by atoms with van der Waals surface area (Å²) in [6.07, 6.45) is -1.13. The molecule has 0 heterocycles. The van der Waals surface area contributed by atoms with Gasteiger partial charge in [0.1, 0.15) is 12.1 Å². The van der Waals surface area contributed by atoms with Crippen LogP contribution < -0.4 is 16.1 Å². The van der Waals surface area contributed by atoms with E-state index in [1.54, 1.807) is 38.5 Å². The molecule has 2 atom stereocenters. The van der Waals surface area contributed by atoms with Crippen LogP contribution in [0.3, 0.4) is 0 Å². The Balaban J connectivity index is 2.88. The molecule has 0 spiro atoms. The Bertz CT molecular complexity index is 782. The first-order valence-corrected chi connectivity index (χ1v) is 8.09. The molecule has 0 aliphatic heterocycles. The number of nitrogens with one attached hydrogen (secondary N) is 3. The van der Waals surface area contributed by atoms with Gasteiger partial charge in [0.05, 0.1) is 6.61 Å². The number of amides is 2. The van der Waals surface area contributed by atoms with Crippen molar-refractivity contribution in [2.24, 2.45) is 0 Å². The first-order valence-electron chi connectivity index (χ1n) is 8.09. The topological polar surface area (TPSA) is 131 Å². The fourth-order valence-electron chi connectivity index (χ4n) is 1.97. The maximum atomic E-state index is 12.4. The number of rotatable bonds is 6. The molecular formula is C19H23N3O5. The van der Waals surface area contributed by atoms with Crippen LogP contribution in [0, 0.1) is 23.7 Å². The lowest BCUT2D eigenvalue weighted by atomic mass is 9.93. The molecule has 27 heavy (non-hydrogen) atoms. The number of hydrogen-bond donors (Lipinski definition) is 6. The fourth-order valence-corrected chi connectivity index (χ4v) is 1.97. The maximum absolute atomic E-state index is 12.4. The first kappa shape index (κ1) is 22.2. The largest absolute Gasteiger partial charge is 0.393 e. The Kier molecular flexibility index (Phi) is 8.46. The molecule has 0 saturated heterocycles. The number of aliphatic hydroxyl groups excluding tert-OH is 2. The quantitative estimate of drug-likeness (QED) is 0.215. The standard InChI is InChI=1S/C19H23N3O5/c1-19(2,20-3)16(18(26)22-27)21-17(25)14-10-8-13(9-11-14)6-4-5-7-15(24)12-23/h8-11,15-16,20,23-24,27H,12H2,1-3H3,(H,21,25)(H,22,26)/t15?,16-/m1/s1. The summed E-state index contributed by atoms with van der Waals surface area (Å²) in [5, 5.41) is 32.1. The van der Waals surface area contributed by atoms with Gasteiger partial charge in [-0.25, -0.2) is 5.48 Å². The number of hydroxylamine groups is 1. The van der Waals surface area contributed by atoms with E-state index in [1.165, 1.54) is 12.1 Å². The number of hydrogen-bond acceptors (Lipinski definition) is 6. The summed E-state index contributed by atoms with van der Waals surface area (Å²) >= 11 is 0. The maximum Gasteiger partial charge on any atom is 0.267 e. The van der Waals surface area contributed by atoms with E-state index in [0.717, 1.165) is 0 Å². The smallest absolute Gasteiger partial charge is 0.267 e. The highest BCUT2D eigenvalue weighted by molar-refractivity contribution is 5.97. The number of likely N-dealkylation sites (N-methyl/N-ethyl adjacent to an activating group) is 1. The van der Waals surface area contributed by atoms with E-state index in [1.807, 2.05) is 0 Å². The van der Waals surface area contributed by atoms with Crippen molar-refractivity contribution in [1.29, 1.82) is 0 Å². The molecule has 0 aliphatic rings. The van der Waals surface area contributed by atoms with Crippen molar-refractivity contribution in [3.8, 4) is 23.7 Å². The highest BCUT2D eigenvalue weighted by atomic mass is 16.5. The molecule has 2 amide bonds. The van der Waals surface area contributed by atoms with Gasteiger partial charge in [-0.2, -0.15) is 0 Å². The molecule has 1 aromatic rings. The van der Waals surface area contributed by atoms with Gasteiger partial charge >= 0.3 is 0 Å². The summed E-state index contributed by atoms with van der Waals surface area (Å²) in [6.45, 7) is 2.96. The van der Waals surface area contributed by atoms with Gasteiger partial charge in [0.25, 0.3) is 11.8 Å². The highest BCUT2D eigenvalue weighted by Gasteiger charge is 2.35. The highest BCUT2D eigenvalue weighted by Crippen LogP contribution is 2.11. The van der Waals surface area contributed by atoms with Crippen LogP contribution in [0.2, 0.25) is 0 Å². The molecule has 0 saturated carbocycles. The molecule has 8 nitrogen and oxygen atoms in total. The summed E-state index contributed by atoms with van der Waals surface area (Å²) in [5.74, 6) is 8.79. The zero-order valence-corrected chi connectivity index (χ0v) is 15.3. The Hall–Kier alpha value is -2.88. The molecule has 144 valence electrons. The van der Waals surface area contributed by atoms with Gasteiger partial charge in [-0.05, 0) is 57.0 Å². The van der Waals surface area contributed by atoms with E-state index in [9.17, 15) is 9.59 Å². The summed E-state index contributed by atoms with van der Waals surface area (Å²) < 4.78 is 0. The lowest BCUT2D eigenvalue weighted by Crippen LogP contribution is -2.62.